The molecular weight excluding hydrogens is 433 g/mol. The predicted molar refractivity (Wildman–Crippen MR) is 123 cm³/mol. The summed E-state index contributed by atoms with van der Waals surface area (Å²) in [6.45, 7) is 3.58. The quantitative estimate of drug-likeness (QED) is 0.555. The summed E-state index contributed by atoms with van der Waals surface area (Å²) >= 11 is 0. The Morgan fingerprint density at radius 3 is 2.28 bits per heavy atom. The predicted octanol–water partition coefficient (Wildman–Crippen LogP) is 2.58. The molecule has 0 saturated carbocycles. The summed E-state index contributed by atoms with van der Waals surface area (Å²) in [4.78, 5) is 27.2. The van der Waals surface area contributed by atoms with Gasteiger partial charge >= 0.3 is 0 Å². The van der Waals surface area contributed by atoms with E-state index in [2.05, 4.69) is 5.32 Å². The molecule has 32 heavy (non-hydrogen) atoms. The van der Waals surface area contributed by atoms with Gasteiger partial charge in [-0.3, -0.25) is 13.9 Å². The number of carbonyl (C=O) groups is 2. The van der Waals surface area contributed by atoms with Gasteiger partial charge in [0.2, 0.25) is 21.8 Å². The van der Waals surface area contributed by atoms with E-state index in [0.29, 0.717) is 13.0 Å². The van der Waals surface area contributed by atoms with Crippen LogP contribution in [-0.2, 0) is 26.0 Å². The number of anilines is 1. The van der Waals surface area contributed by atoms with Crippen molar-refractivity contribution in [2.45, 2.75) is 32.7 Å². The molecule has 2 aromatic rings. The lowest BCUT2D eigenvalue weighted by molar-refractivity contribution is -0.138. The molecule has 1 atom stereocenters. The molecule has 0 bridgehead atoms. The van der Waals surface area contributed by atoms with Crippen LogP contribution in [0.3, 0.4) is 0 Å². The average Bonchev–Trinajstić information content (AvgIpc) is 2.76. The maximum atomic E-state index is 14.3. The van der Waals surface area contributed by atoms with Crippen LogP contribution in [0.15, 0.2) is 54.6 Å². The largest absolute Gasteiger partial charge is 0.354 e. The summed E-state index contributed by atoms with van der Waals surface area (Å²) in [5.41, 5.74) is 0.759. The van der Waals surface area contributed by atoms with E-state index in [1.54, 1.807) is 6.92 Å². The number of para-hydroxylation sites is 1. The van der Waals surface area contributed by atoms with Gasteiger partial charge in [0, 0.05) is 13.1 Å². The lowest BCUT2D eigenvalue weighted by atomic mass is 10.1. The smallest absolute Gasteiger partial charge is 0.244 e. The van der Waals surface area contributed by atoms with Crippen LogP contribution in [0, 0.1) is 5.82 Å². The summed E-state index contributed by atoms with van der Waals surface area (Å²) in [7, 11) is -3.95. The third kappa shape index (κ3) is 7.05. The minimum absolute atomic E-state index is 0.207. The molecule has 0 radical (unpaired) electrons. The zero-order valence-corrected chi connectivity index (χ0v) is 19.4. The van der Waals surface area contributed by atoms with E-state index in [9.17, 15) is 22.4 Å². The first kappa shape index (κ1) is 25.3. The molecule has 174 valence electrons. The van der Waals surface area contributed by atoms with Crippen molar-refractivity contribution in [2.75, 3.05) is 30.2 Å². The fraction of sp³-hybridized carbons (Fsp3) is 0.391. The fourth-order valence-corrected chi connectivity index (χ4v) is 4.07. The van der Waals surface area contributed by atoms with Crippen molar-refractivity contribution in [1.82, 2.24) is 10.2 Å². The molecular formula is C23H30FN3O4S. The molecule has 2 amide bonds. The monoisotopic (exact) mass is 463 g/mol. The van der Waals surface area contributed by atoms with Crippen molar-refractivity contribution in [3.05, 3.63) is 66.0 Å². The summed E-state index contributed by atoms with van der Waals surface area (Å²) in [6, 6.07) is 14.0. The zero-order chi connectivity index (χ0) is 23.7. The molecule has 0 fully saturated rings. The van der Waals surface area contributed by atoms with Gasteiger partial charge in [0.25, 0.3) is 0 Å². The summed E-state index contributed by atoms with van der Waals surface area (Å²) in [6.07, 6.45) is 2.14. The van der Waals surface area contributed by atoms with Crippen LogP contribution in [0.5, 0.6) is 0 Å². The van der Waals surface area contributed by atoms with E-state index in [4.69, 9.17) is 0 Å². The molecule has 2 rings (SSSR count). The van der Waals surface area contributed by atoms with Gasteiger partial charge in [-0.25, -0.2) is 12.8 Å². The van der Waals surface area contributed by atoms with Crippen LogP contribution in [0.1, 0.15) is 25.8 Å². The number of sulfonamides is 1. The van der Waals surface area contributed by atoms with Crippen LogP contribution < -0.4 is 9.62 Å². The number of carbonyl (C=O) groups excluding carboxylic acids is 2. The first-order chi connectivity index (χ1) is 15.1. The highest BCUT2D eigenvalue weighted by Crippen LogP contribution is 2.21. The lowest BCUT2D eigenvalue weighted by Gasteiger charge is -2.31. The number of nitrogens with one attached hydrogen (secondary N) is 1. The molecule has 0 spiro atoms. The summed E-state index contributed by atoms with van der Waals surface area (Å²) in [5.74, 6) is -1.67. The van der Waals surface area contributed by atoms with Gasteiger partial charge in [-0.15, -0.1) is 0 Å². The standard InChI is InChI=1S/C23H30FN3O4S/c1-4-15-25-23(29)18(2)26(16-14-19-10-6-5-7-11-19)22(28)17-27(32(3,30)31)21-13-9-8-12-20(21)24/h5-13,18H,4,14-17H2,1-3H3,(H,25,29). The third-order valence-electron chi connectivity index (χ3n) is 5.00. The maximum Gasteiger partial charge on any atom is 0.244 e. The Bertz CT molecular complexity index is 1010. The van der Waals surface area contributed by atoms with Crippen molar-refractivity contribution in [2.24, 2.45) is 0 Å². The SMILES string of the molecule is CCCNC(=O)C(C)N(CCc1ccccc1)C(=O)CN(c1ccccc1F)S(C)(=O)=O. The van der Waals surface area contributed by atoms with Crippen LogP contribution >= 0.6 is 0 Å². The van der Waals surface area contributed by atoms with Gasteiger partial charge in [0.05, 0.1) is 11.9 Å². The lowest BCUT2D eigenvalue weighted by Crippen LogP contribution is -2.52. The van der Waals surface area contributed by atoms with E-state index in [0.717, 1.165) is 28.6 Å². The molecule has 2 aromatic carbocycles. The van der Waals surface area contributed by atoms with Gasteiger partial charge in [-0.1, -0.05) is 49.4 Å². The van der Waals surface area contributed by atoms with Crippen LogP contribution in [0.25, 0.3) is 0 Å². The van der Waals surface area contributed by atoms with Crippen molar-refractivity contribution in [1.29, 1.82) is 0 Å². The minimum atomic E-state index is -3.95. The molecule has 0 aliphatic heterocycles. The highest BCUT2D eigenvalue weighted by Gasteiger charge is 2.30. The number of hydrogen-bond donors (Lipinski definition) is 1. The van der Waals surface area contributed by atoms with Gasteiger partial charge in [-0.05, 0) is 37.5 Å². The van der Waals surface area contributed by atoms with Gasteiger partial charge in [0.15, 0.2) is 0 Å². The Morgan fingerprint density at radius 1 is 1.06 bits per heavy atom. The van der Waals surface area contributed by atoms with Crippen LogP contribution in [-0.4, -0.2) is 57.1 Å². The number of amides is 2. The van der Waals surface area contributed by atoms with Gasteiger partial charge in [-0.2, -0.15) is 0 Å². The second-order valence-corrected chi connectivity index (χ2v) is 9.42. The molecule has 7 nitrogen and oxygen atoms in total. The number of benzene rings is 2. The Kier molecular flexibility index (Phi) is 9.19. The Morgan fingerprint density at radius 2 is 1.69 bits per heavy atom. The second kappa shape index (κ2) is 11.6. The summed E-state index contributed by atoms with van der Waals surface area (Å²) in [5, 5.41) is 2.77. The number of hydrogen-bond acceptors (Lipinski definition) is 4. The zero-order valence-electron chi connectivity index (χ0n) is 18.6. The minimum Gasteiger partial charge on any atom is -0.354 e. The van der Waals surface area contributed by atoms with E-state index < -0.39 is 34.3 Å². The van der Waals surface area contributed by atoms with Crippen molar-refractivity contribution < 1.29 is 22.4 Å². The maximum absolute atomic E-state index is 14.3. The molecule has 1 unspecified atom stereocenters. The number of halogens is 1. The van der Waals surface area contributed by atoms with Crippen LogP contribution in [0.2, 0.25) is 0 Å². The van der Waals surface area contributed by atoms with E-state index in [1.165, 1.54) is 23.1 Å². The first-order valence-corrected chi connectivity index (χ1v) is 12.3. The Labute approximate surface area is 189 Å². The fourth-order valence-electron chi connectivity index (χ4n) is 3.21. The Hall–Kier alpha value is -2.94. The molecule has 0 aromatic heterocycles. The first-order valence-electron chi connectivity index (χ1n) is 10.5. The molecule has 0 saturated heterocycles. The van der Waals surface area contributed by atoms with E-state index in [1.807, 2.05) is 37.3 Å². The number of rotatable bonds is 11. The third-order valence-corrected chi connectivity index (χ3v) is 6.13. The molecule has 0 aliphatic carbocycles. The topological polar surface area (TPSA) is 86.8 Å². The normalized spacial score (nSPS) is 12.1. The van der Waals surface area contributed by atoms with E-state index >= 15 is 0 Å². The molecule has 1 N–H and O–H groups in total. The van der Waals surface area contributed by atoms with E-state index in [-0.39, 0.29) is 18.1 Å². The van der Waals surface area contributed by atoms with Crippen molar-refractivity contribution in [3.63, 3.8) is 0 Å². The second-order valence-electron chi connectivity index (χ2n) is 7.51. The van der Waals surface area contributed by atoms with Crippen molar-refractivity contribution >= 4 is 27.5 Å². The molecule has 0 heterocycles. The number of nitrogens with zero attached hydrogens (tertiary/aromatic N) is 2. The van der Waals surface area contributed by atoms with Gasteiger partial charge in [0.1, 0.15) is 18.4 Å². The summed E-state index contributed by atoms with van der Waals surface area (Å²) < 4.78 is 39.8. The Balaban J connectivity index is 2.29. The highest BCUT2D eigenvalue weighted by molar-refractivity contribution is 7.92. The van der Waals surface area contributed by atoms with Gasteiger partial charge < -0.3 is 10.2 Å². The van der Waals surface area contributed by atoms with Crippen LogP contribution in [0.4, 0.5) is 10.1 Å². The van der Waals surface area contributed by atoms with Crippen molar-refractivity contribution in [3.8, 4) is 0 Å². The molecule has 0 aliphatic rings. The molecule has 9 heteroatoms. The average molecular weight is 464 g/mol. The highest BCUT2D eigenvalue weighted by atomic mass is 32.2.